The number of hydrogen-bond acceptors (Lipinski definition) is 7. The molecule has 0 atom stereocenters. The van der Waals surface area contributed by atoms with Crippen molar-refractivity contribution in [3.8, 4) is 11.5 Å². The fraction of sp³-hybridized carbons (Fsp3) is 0.381. The number of aromatic nitrogens is 2. The van der Waals surface area contributed by atoms with E-state index in [0.717, 1.165) is 40.0 Å². The summed E-state index contributed by atoms with van der Waals surface area (Å²) >= 11 is 3.03. The van der Waals surface area contributed by atoms with Crippen molar-refractivity contribution in [2.24, 2.45) is 0 Å². The van der Waals surface area contributed by atoms with Gasteiger partial charge in [0.1, 0.15) is 5.03 Å². The fourth-order valence-electron chi connectivity index (χ4n) is 3.43. The molecule has 1 N–H and O–H groups in total. The van der Waals surface area contributed by atoms with Crippen LogP contribution in [0.4, 0.5) is 5.13 Å². The Morgan fingerprint density at radius 3 is 2.66 bits per heavy atom. The molecule has 152 valence electrons. The smallest absolute Gasteiger partial charge is 0.236 e. The Labute approximate surface area is 178 Å². The van der Waals surface area contributed by atoms with Gasteiger partial charge in [-0.05, 0) is 50.3 Å². The molecule has 0 radical (unpaired) electrons. The zero-order valence-corrected chi connectivity index (χ0v) is 18.3. The number of rotatable bonds is 6. The summed E-state index contributed by atoms with van der Waals surface area (Å²) in [5.74, 6) is 1.54. The first-order valence-electron chi connectivity index (χ1n) is 9.52. The van der Waals surface area contributed by atoms with E-state index in [0.29, 0.717) is 16.6 Å². The number of carbonyl (C=O) groups excluding carboxylic acids is 1. The van der Waals surface area contributed by atoms with Crippen LogP contribution < -0.4 is 14.8 Å². The normalized spacial score (nSPS) is 13.2. The number of hydrogen-bond donors (Lipinski definition) is 1. The van der Waals surface area contributed by atoms with Crippen LogP contribution in [-0.4, -0.2) is 35.8 Å². The largest absolute Gasteiger partial charge is 0.493 e. The zero-order chi connectivity index (χ0) is 20.4. The van der Waals surface area contributed by atoms with E-state index in [2.05, 4.69) is 16.4 Å². The van der Waals surface area contributed by atoms with Crippen molar-refractivity contribution in [2.45, 2.75) is 37.6 Å². The number of ether oxygens (including phenoxy) is 2. The molecule has 3 aromatic rings. The van der Waals surface area contributed by atoms with E-state index in [-0.39, 0.29) is 11.7 Å². The number of pyridine rings is 1. The van der Waals surface area contributed by atoms with Crippen LogP contribution in [0.25, 0.3) is 10.9 Å². The van der Waals surface area contributed by atoms with Gasteiger partial charge in [-0.25, -0.2) is 9.97 Å². The van der Waals surface area contributed by atoms with Crippen molar-refractivity contribution in [3.63, 3.8) is 0 Å². The van der Waals surface area contributed by atoms with Crippen molar-refractivity contribution in [1.29, 1.82) is 0 Å². The molecule has 0 unspecified atom stereocenters. The van der Waals surface area contributed by atoms with Crippen molar-refractivity contribution >= 4 is 45.0 Å². The number of thioether (sulfide) groups is 1. The zero-order valence-electron chi connectivity index (χ0n) is 16.7. The van der Waals surface area contributed by atoms with E-state index in [1.54, 1.807) is 25.6 Å². The molecule has 0 saturated carbocycles. The maximum atomic E-state index is 12.4. The summed E-state index contributed by atoms with van der Waals surface area (Å²) in [6.07, 6.45) is 4.49. The Morgan fingerprint density at radius 1 is 1.14 bits per heavy atom. The number of anilines is 1. The van der Waals surface area contributed by atoms with Crippen LogP contribution in [0.15, 0.2) is 23.2 Å². The Balaban J connectivity index is 1.46. The van der Waals surface area contributed by atoms with Crippen LogP contribution in [-0.2, 0) is 17.6 Å². The van der Waals surface area contributed by atoms with E-state index >= 15 is 0 Å². The van der Waals surface area contributed by atoms with E-state index in [1.807, 2.05) is 19.1 Å². The van der Waals surface area contributed by atoms with Gasteiger partial charge in [0, 0.05) is 16.3 Å². The first kappa shape index (κ1) is 20.0. The van der Waals surface area contributed by atoms with Crippen molar-refractivity contribution in [3.05, 3.63) is 34.3 Å². The lowest BCUT2D eigenvalue weighted by Crippen LogP contribution is -2.14. The SMILES string of the molecule is COc1cc2cc(C)c(SCC(=O)Nc3nc4c(s3)CCCC4)nc2cc1OC. The van der Waals surface area contributed by atoms with Crippen LogP contribution >= 0.6 is 23.1 Å². The molecule has 29 heavy (non-hydrogen) atoms. The van der Waals surface area contributed by atoms with Gasteiger partial charge in [-0.1, -0.05) is 11.8 Å². The highest BCUT2D eigenvalue weighted by atomic mass is 32.2. The number of nitrogens with zero attached hydrogens (tertiary/aromatic N) is 2. The van der Waals surface area contributed by atoms with Gasteiger partial charge in [-0.15, -0.1) is 11.3 Å². The molecule has 2 aromatic heterocycles. The third-order valence-electron chi connectivity index (χ3n) is 4.90. The third kappa shape index (κ3) is 4.33. The summed E-state index contributed by atoms with van der Waals surface area (Å²) in [7, 11) is 3.22. The quantitative estimate of drug-likeness (QED) is 0.576. The summed E-state index contributed by atoms with van der Waals surface area (Å²) < 4.78 is 10.7. The van der Waals surface area contributed by atoms with Crippen LogP contribution in [0.1, 0.15) is 29.0 Å². The van der Waals surface area contributed by atoms with Gasteiger partial charge in [0.15, 0.2) is 16.6 Å². The van der Waals surface area contributed by atoms with Crippen LogP contribution in [0, 0.1) is 6.92 Å². The van der Waals surface area contributed by atoms with Crippen LogP contribution in [0.2, 0.25) is 0 Å². The molecular formula is C21H23N3O3S2. The number of methoxy groups -OCH3 is 2. The lowest BCUT2D eigenvalue weighted by molar-refractivity contribution is -0.113. The molecule has 8 heteroatoms. The molecule has 0 aliphatic heterocycles. The number of fused-ring (bicyclic) bond motifs is 2. The number of thiazole rings is 1. The molecule has 2 heterocycles. The molecule has 1 aliphatic rings. The van der Waals surface area contributed by atoms with Crippen LogP contribution in [0.5, 0.6) is 11.5 Å². The lowest BCUT2D eigenvalue weighted by atomic mass is 10.0. The highest BCUT2D eigenvalue weighted by molar-refractivity contribution is 8.00. The molecule has 1 aromatic carbocycles. The molecule has 0 bridgehead atoms. The van der Waals surface area contributed by atoms with Gasteiger partial charge in [-0.2, -0.15) is 0 Å². The molecule has 1 aliphatic carbocycles. The van der Waals surface area contributed by atoms with Gasteiger partial charge in [-0.3, -0.25) is 4.79 Å². The number of carbonyl (C=O) groups is 1. The summed E-state index contributed by atoms with van der Waals surface area (Å²) in [4.78, 5) is 23.0. The minimum Gasteiger partial charge on any atom is -0.493 e. The minimum absolute atomic E-state index is 0.0605. The van der Waals surface area contributed by atoms with Gasteiger partial charge in [0.2, 0.25) is 5.91 Å². The fourth-order valence-corrected chi connectivity index (χ4v) is 5.29. The summed E-state index contributed by atoms with van der Waals surface area (Å²) in [6.45, 7) is 2.00. The maximum absolute atomic E-state index is 12.4. The first-order valence-corrected chi connectivity index (χ1v) is 11.3. The number of amides is 1. The molecular weight excluding hydrogens is 406 g/mol. The highest BCUT2D eigenvalue weighted by Crippen LogP contribution is 2.34. The van der Waals surface area contributed by atoms with Crippen molar-refractivity contribution in [1.82, 2.24) is 9.97 Å². The molecule has 4 rings (SSSR count). The highest BCUT2D eigenvalue weighted by Gasteiger charge is 2.17. The summed E-state index contributed by atoms with van der Waals surface area (Å²) in [5, 5.41) is 5.46. The second kappa shape index (κ2) is 8.59. The predicted molar refractivity (Wildman–Crippen MR) is 118 cm³/mol. The average Bonchev–Trinajstić information content (AvgIpc) is 3.13. The Kier molecular flexibility index (Phi) is 5.91. The first-order chi connectivity index (χ1) is 14.1. The Hall–Kier alpha value is -2.32. The third-order valence-corrected chi connectivity index (χ3v) is 7.06. The van der Waals surface area contributed by atoms with Gasteiger partial charge < -0.3 is 14.8 Å². The monoisotopic (exact) mass is 429 g/mol. The van der Waals surface area contributed by atoms with E-state index in [4.69, 9.17) is 14.5 Å². The molecule has 1 amide bonds. The minimum atomic E-state index is -0.0605. The summed E-state index contributed by atoms with van der Waals surface area (Å²) in [6, 6.07) is 5.83. The Morgan fingerprint density at radius 2 is 1.90 bits per heavy atom. The second-order valence-electron chi connectivity index (χ2n) is 6.94. The van der Waals surface area contributed by atoms with E-state index in [9.17, 15) is 4.79 Å². The van der Waals surface area contributed by atoms with Crippen molar-refractivity contribution < 1.29 is 14.3 Å². The number of nitrogens with one attached hydrogen (secondary N) is 1. The Bertz CT molecular complexity index is 1040. The number of benzene rings is 1. The standard InChI is InChI=1S/C21H23N3O3S2/c1-12-8-13-9-16(26-2)17(27-3)10-15(13)22-20(12)28-11-19(25)24-21-23-14-6-4-5-7-18(14)29-21/h8-10H,4-7,11H2,1-3H3,(H,23,24,25). The second-order valence-corrected chi connectivity index (χ2v) is 8.99. The molecule has 0 fully saturated rings. The lowest BCUT2D eigenvalue weighted by Gasteiger charge is -2.11. The molecule has 0 spiro atoms. The van der Waals surface area contributed by atoms with Gasteiger partial charge >= 0.3 is 0 Å². The topological polar surface area (TPSA) is 73.3 Å². The van der Waals surface area contributed by atoms with E-state index < -0.39 is 0 Å². The average molecular weight is 430 g/mol. The van der Waals surface area contributed by atoms with Gasteiger partial charge in [0.25, 0.3) is 0 Å². The summed E-state index contributed by atoms with van der Waals surface area (Å²) in [5.41, 5.74) is 2.98. The molecule has 6 nitrogen and oxygen atoms in total. The molecule has 0 saturated heterocycles. The predicted octanol–water partition coefficient (Wildman–Crippen LogP) is 4.63. The van der Waals surface area contributed by atoms with Crippen LogP contribution in [0.3, 0.4) is 0 Å². The van der Waals surface area contributed by atoms with E-state index in [1.165, 1.54) is 29.5 Å². The number of aryl methyl sites for hydroxylation is 3. The van der Waals surface area contributed by atoms with Crippen molar-refractivity contribution in [2.75, 3.05) is 25.3 Å². The van der Waals surface area contributed by atoms with Gasteiger partial charge in [0.05, 0.1) is 31.2 Å². The maximum Gasteiger partial charge on any atom is 0.236 e.